The van der Waals surface area contributed by atoms with Gasteiger partial charge < -0.3 is 9.64 Å². The number of carbonyl (C=O) groups excluding carboxylic acids is 1. The number of nitrogens with zero attached hydrogens (tertiary/aromatic N) is 2. The fourth-order valence-electron chi connectivity index (χ4n) is 2.81. The SMILES string of the molecule is CC(C)c1cc(C(=O)N2CCC3(COC3)C2)ccn1. The van der Waals surface area contributed by atoms with Crippen molar-refractivity contribution in [2.24, 2.45) is 5.41 Å². The van der Waals surface area contributed by atoms with Gasteiger partial charge in [-0.2, -0.15) is 0 Å². The van der Waals surface area contributed by atoms with E-state index in [1.54, 1.807) is 6.20 Å². The smallest absolute Gasteiger partial charge is 0.253 e. The number of rotatable bonds is 2. The van der Waals surface area contributed by atoms with E-state index in [9.17, 15) is 4.79 Å². The molecule has 1 aromatic rings. The van der Waals surface area contributed by atoms with Crippen LogP contribution in [-0.4, -0.2) is 42.1 Å². The normalized spacial score (nSPS) is 20.9. The molecule has 0 bridgehead atoms. The van der Waals surface area contributed by atoms with Crippen LogP contribution in [0.15, 0.2) is 18.3 Å². The fraction of sp³-hybridized carbons (Fsp3) is 0.600. The third kappa shape index (κ3) is 2.25. The first-order valence-electron chi connectivity index (χ1n) is 6.93. The van der Waals surface area contributed by atoms with Crippen molar-refractivity contribution in [2.45, 2.75) is 26.2 Å². The highest BCUT2D eigenvalue weighted by Crippen LogP contribution is 2.37. The van der Waals surface area contributed by atoms with Crippen LogP contribution in [0.4, 0.5) is 0 Å². The topological polar surface area (TPSA) is 42.4 Å². The van der Waals surface area contributed by atoms with E-state index in [2.05, 4.69) is 18.8 Å². The zero-order valence-electron chi connectivity index (χ0n) is 11.6. The average molecular weight is 260 g/mol. The molecule has 0 N–H and O–H groups in total. The van der Waals surface area contributed by atoms with Gasteiger partial charge in [-0.3, -0.25) is 9.78 Å². The molecular weight excluding hydrogens is 240 g/mol. The summed E-state index contributed by atoms with van der Waals surface area (Å²) in [5.41, 5.74) is 1.99. The summed E-state index contributed by atoms with van der Waals surface area (Å²) in [4.78, 5) is 18.8. The van der Waals surface area contributed by atoms with Gasteiger partial charge in [0.1, 0.15) is 0 Å². The lowest BCUT2D eigenvalue weighted by molar-refractivity contribution is -0.103. The van der Waals surface area contributed by atoms with Crippen molar-refractivity contribution >= 4 is 5.91 Å². The highest BCUT2D eigenvalue weighted by Gasteiger charge is 2.45. The largest absolute Gasteiger partial charge is 0.380 e. The highest BCUT2D eigenvalue weighted by atomic mass is 16.5. The van der Waals surface area contributed by atoms with Crippen LogP contribution in [0, 0.1) is 5.41 Å². The van der Waals surface area contributed by atoms with Gasteiger partial charge in [0.2, 0.25) is 0 Å². The Labute approximate surface area is 113 Å². The molecule has 4 heteroatoms. The molecule has 1 amide bonds. The van der Waals surface area contributed by atoms with Crippen LogP contribution < -0.4 is 0 Å². The molecule has 19 heavy (non-hydrogen) atoms. The molecule has 0 saturated carbocycles. The lowest BCUT2D eigenvalue weighted by Crippen LogP contribution is -2.45. The summed E-state index contributed by atoms with van der Waals surface area (Å²) in [5, 5.41) is 0. The molecular formula is C15H20N2O2. The Bertz CT molecular complexity index is 495. The number of pyridine rings is 1. The first-order chi connectivity index (χ1) is 9.10. The number of hydrogen-bond acceptors (Lipinski definition) is 3. The van der Waals surface area contributed by atoms with E-state index in [-0.39, 0.29) is 11.3 Å². The summed E-state index contributed by atoms with van der Waals surface area (Å²) in [6.45, 7) is 7.49. The molecule has 0 aromatic carbocycles. The fourth-order valence-corrected chi connectivity index (χ4v) is 2.81. The van der Waals surface area contributed by atoms with Gasteiger partial charge in [-0.15, -0.1) is 0 Å². The summed E-state index contributed by atoms with van der Waals surface area (Å²) in [7, 11) is 0. The molecule has 2 aliphatic rings. The summed E-state index contributed by atoms with van der Waals surface area (Å²) in [6, 6.07) is 3.74. The number of hydrogen-bond donors (Lipinski definition) is 0. The van der Waals surface area contributed by atoms with Crippen LogP contribution in [-0.2, 0) is 4.74 Å². The first-order valence-corrected chi connectivity index (χ1v) is 6.93. The van der Waals surface area contributed by atoms with E-state index < -0.39 is 0 Å². The molecule has 3 rings (SSSR count). The van der Waals surface area contributed by atoms with E-state index in [0.29, 0.717) is 5.92 Å². The number of ether oxygens (including phenoxy) is 1. The van der Waals surface area contributed by atoms with Crippen molar-refractivity contribution in [1.82, 2.24) is 9.88 Å². The van der Waals surface area contributed by atoms with E-state index in [1.165, 1.54) is 0 Å². The van der Waals surface area contributed by atoms with Gasteiger partial charge in [0.25, 0.3) is 5.91 Å². The molecule has 1 aromatic heterocycles. The maximum Gasteiger partial charge on any atom is 0.253 e. The van der Waals surface area contributed by atoms with Gasteiger partial charge >= 0.3 is 0 Å². The molecule has 0 aliphatic carbocycles. The second-order valence-electron chi connectivity index (χ2n) is 6.09. The number of carbonyl (C=O) groups is 1. The number of likely N-dealkylation sites (tertiary alicyclic amines) is 1. The lowest BCUT2D eigenvalue weighted by Gasteiger charge is -2.37. The molecule has 1 spiro atoms. The summed E-state index contributed by atoms with van der Waals surface area (Å²) in [6.07, 6.45) is 2.81. The molecule has 2 aliphatic heterocycles. The van der Waals surface area contributed by atoms with Crippen molar-refractivity contribution < 1.29 is 9.53 Å². The summed E-state index contributed by atoms with van der Waals surface area (Å²) < 4.78 is 5.30. The average Bonchev–Trinajstić information content (AvgIpc) is 2.83. The number of amides is 1. The van der Waals surface area contributed by atoms with E-state index in [1.807, 2.05) is 17.0 Å². The zero-order valence-corrected chi connectivity index (χ0v) is 11.6. The Morgan fingerprint density at radius 2 is 2.26 bits per heavy atom. The second kappa shape index (κ2) is 4.60. The third-order valence-electron chi connectivity index (χ3n) is 4.16. The monoisotopic (exact) mass is 260 g/mol. The molecule has 4 nitrogen and oxygen atoms in total. The van der Waals surface area contributed by atoms with Crippen molar-refractivity contribution in [1.29, 1.82) is 0 Å². The minimum atomic E-state index is 0.132. The van der Waals surface area contributed by atoms with Gasteiger partial charge in [-0.1, -0.05) is 13.8 Å². The summed E-state index contributed by atoms with van der Waals surface area (Å²) in [5.74, 6) is 0.478. The van der Waals surface area contributed by atoms with Crippen molar-refractivity contribution in [3.63, 3.8) is 0 Å². The van der Waals surface area contributed by atoms with Crippen LogP contribution in [0.25, 0.3) is 0 Å². The maximum atomic E-state index is 12.5. The Kier molecular flexibility index (Phi) is 3.05. The summed E-state index contributed by atoms with van der Waals surface area (Å²) >= 11 is 0. The molecule has 0 unspecified atom stereocenters. The Morgan fingerprint density at radius 3 is 2.84 bits per heavy atom. The van der Waals surface area contributed by atoms with Gasteiger partial charge in [0.15, 0.2) is 0 Å². The van der Waals surface area contributed by atoms with Crippen LogP contribution >= 0.6 is 0 Å². The third-order valence-corrected chi connectivity index (χ3v) is 4.16. The van der Waals surface area contributed by atoms with E-state index >= 15 is 0 Å². The maximum absolute atomic E-state index is 12.5. The Morgan fingerprint density at radius 1 is 1.47 bits per heavy atom. The zero-order chi connectivity index (χ0) is 13.5. The number of aromatic nitrogens is 1. The van der Waals surface area contributed by atoms with Crippen molar-refractivity contribution in [2.75, 3.05) is 26.3 Å². The standard InChI is InChI=1S/C15H20N2O2/c1-11(2)13-7-12(3-5-16-13)14(18)17-6-4-15(8-17)9-19-10-15/h3,5,7,11H,4,6,8-10H2,1-2H3. The van der Waals surface area contributed by atoms with Crippen LogP contribution in [0.1, 0.15) is 42.2 Å². The van der Waals surface area contributed by atoms with E-state index in [4.69, 9.17) is 4.74 Å². The van der Waals surface area contributed by atoms with Crippen LogP contribution in [0.2, 0.25) is 0 Å². The predicted octanol–water partition coefficient (Wildman–Crippen LogP) is 2.07. The second-order valence-corrected chi connectivity index (χ2v) is 6.09. The van der Waals surface area contributed by atoms with Gasteiger partial charge in [0, 0.05) is 36.0 Å². The van der Waals surface area contributed by atoms with Gasteiger partial charge in [0.05, 0.1) is 13.2 Å². The van der Waals surface area contributed by atoms with Crippen molar-refractivity contribution in [3.05, 3.63) is 29.6 Å². The molecule has 102 valence electrons. The molecule has 0 atom stereocenters. The Hall–Kier alpha value is -1.42. The predicted molar refractivity (Wildman–Crippen MR) is 72.1 cm³/mol. The van der Waals surface area contributed by atoms with Gasteiger partial charge in [-0.05, 0) is 24.5 Å². The van der Waals surface area contributed by atoms with E-state index in [0.717, 1.165) is 44.0 Å². The first kappa shape index (κ1) is 12.6. The Balaban J connectivity index is 1.75. The van der Waals surface area contributed by atoms with Gasteiger partial charge in [-0.25, -0.2) is 0 Å². The minimum Gasteiger partial charge on any atom is -0.380 e. The molecule has 3 heterocycles. The lowest BCUT2D eigenvalue weighted by atomic mass is 9.85. The molecule has 2 saturated heterocycles. The molecule has 2 fully saturated rings. The minimum absolute atomic E-state index is 0.132. The van der Waals surface area contributed by atoms with Crippen LogP contribution in [0.3, 0.4) is 0 Å². The highest BCUT2D eigenvalue weighted by molar-refractivity contribution is 5.94. The quantitative estimate of drug-likeness (QED) is 0.817. The van der Waals surface area contributed by atoms with Crippen molar-refractivity contribution in [3.8, 4) is 0 Å². The molecule has 0 radical (unpaired) electrons. The van der Waals surface area contributed by atoms with Crippen LogP contribution in [0.5, 0.6) is 0 Å².